The molecule has 1 saturated carbocycles. The number of pyridine rings is 1. The number of hydrogen-bond acceptors (Lipinski definition) is 5. The minimum absolute atomic E-state index is 0.0129. The van der Waals surface area contributed by atoms with E-state index in [0.29, 0.717) is 50.5 Å². The maximum absolute atomic E-state index is 13.5. The van der Waals surface area contributed by atoms with Gasteiger partial charge in [0.1, 0.15) is 11.8 Å². The van der Waals surface area contributed by atoms with E-state index in [-0.39, 0.29) is 35.3 Å². The number of aromatic amines is 1. The average molecular weight is 519 g/mol. The Balaban J connectivity index is 1.11. The molecule has 200 valence electrons. The number of aromatic nitrogens is 3. The van der Waals surface area contributed by atoms with Crippen LogP contribution in [0.3, 0.4) is 0 Å². The summed E-state index contributed by atoms with van der Waals surface area (Å²) in [7, 11) is 0. The summed E-state index contributed by atoms with van der Waals surface area (Å²) in [5.74, 6) is 0.874. The van der Waals surface area contributed by atoms with E-state index in [0.717, 1.165) is 36.9 Å². The number of fused-ring (bicyclic) bond motifs is 1. The number of H-pyrrole nitrogens is 1. The molecular weight excluding hydrogens is 484 g/mol. The third kappa shape index (κ3) is 4.99. The number of imidazole rings is 1. The van der Waals surface area contributed by atoms with Crippen LogP contribution in [-0.2, 0) is 4.79 Å². The molecule has 0 radical (unpaired) electrons. The molecule has 2 aromatic heterocycles. The molecule has 10 nitrogen and oxygen atoms in total. The van der Waals surface area contributed by atoms with Crippen LogP contribution < -0.4 is 11.0 Å². The van der Waals surface area contributed by atoms with Gasteiger partial charge in [0.25, 0.3) is 0 Å². The van der Waals surface area contributed by atoms with Crippen molar-refractivity contribution >= 4 is 23.1 Å². The van der Waals surface area contributed by atoms with Gasteiger partial charge in [-0.25, -0.2) is 14.6 Å². The molecule has 4 heterocycles. The lowest BCUT2D eigenvalue weighted by atomic mass is 9.93. The molecule has 0 spiro atoms. The lowest BCUT2D eigenvalue weighted by Gasteiger charge is -2.34. The molecule has 2 saturated heterocycles. The van der Waals surface area contributed by atoms with Crippen LogP contribution in [0.25, 0.3) is 11.2 Å². The average Bonchev–Trinajstić information content (AvgIpc) is 3.70. The van der Waals surface area contributed by atoms with Crippen molar-refractivity contribution in [3.05, 3.63) is 58.6 Å². The first-order valence-corrected chi connectivity index (χ1v) is 13.6. The topological polar surface area (TPSA) is 124 Å². The molecular formula is C28H34N6O4. The van der Waals surface area contributed by atoms with E-state index in [1.165, 1.54) is 0 Å². The van der Waals surface area contributed by atoms with Gasteiger partial charge in [0.05, 0.1) is 5.52 Å². The van der Waals surface area contributed by atoms with Crippen molar-refractivity contribution < 1.29 is 14.7 Å². The number of rotatable bonds is 5. The molecule has 0 bridgehead atoms. The Kier molecular flexibility index (Phi) is 6.55. The fourth-order valence-corrected chi connectivity index (χ4v) is 6.01. The van der Waals surface area contributed by atoms with Gasteiger partial charge in [-0.3, -0.25) is 14.3 Å². The standard InChI is InChI=1S/C28H34N6O4/c35-22-4-1-3-19(15-22)20-8-9-23(26(36)33(17-20)16-18-6-7-18)30-27(37)32-13-10-21(11-14-32)34-24-5-2-12-29-25(24)31-28(34)38/h1-5,12,15,18,20-21,23,35H,6-11,13-14,16-17H2,(H,30,37)(H,29,31,38). The van der Waals surface area contributed by atoms with Crippen molar-refractivity contribution in [3.8, 4) is 5.75 Å². The van der Waals surface area contributed by atoms with E-state index in [1.807, 2.05) is 29.2 Å². The zero-order chi connectivity index (χ0) is 26.2. The molecule has 3 aromatic rings. The number of aromatic hydroxyl groups is 1. The number of amides is 3. The van der Waals surface area contributed by atoms with Crippen LogP contribution in [0.1, 0.15) is 56.0 Å². The Labute approximate surface area is 220 Å². The monoisotopic (exact) mass is 518 g/mol. The number of likely N-dealkylation sites (tertiary alicyclic amines) is 2. The second-order valence-corrected chi connectivity index (χ2v) is 10.9. The van der Waals surface area contributed by atoms with Crippen LogP contribution in [0.4, 0.5) is 4.79 Å². The summed E-state index contributed by atoms with van der Waals surface area (Å²) < 4.78 is 1.75. The lowest BCUT2D eigenvalue weighted by Crippen LogP contribution is -2.53. The quantitative estimate of drug-likeness (QED) is 0.479. The van der Waals surface area contributed by atoms with Crippen LogP contribution >= 0.6 is 0 Å². The molecule has 3 aliphatic rings. The summed E-state index contributed by atoms with van der Waals surface area (Å²) >= 11 is 0. The highest BCUT2D eigenvalue weighted by Crippen LogP contribution is 2.34. The van der Waals surface area contributed by atoms with Crippen molar-refractivity contribution in [2.24, 2.45) is 5.92 Å². The molecule has 10 heteroatoms. The van der Waals surface area contributed by atoms with Gasteiger partial charge in [-0.15, -0.1) is 0 Å². The molecule has 2 atom stereocenters. The molecule has 38 heavy (non-hydrogen) atoms. The number of nitrogens with zero attached hydrogens (tertiary/aromatic N) is 4. The Morgan fingerprint density at radius 1 is 1.05 bits per heavy atom. The van der Waals surface area contributed by atoms with Gasteiger partial charge in [-0.1, -0.05) is 12.1 Å². The molecule has 2 unspecified atom stereocenters. The van der Waals surface area contributed by atoms with Crippen molar-refractivity contribution in [3.63, 3.8) is 0 Å². The van der Waals surface area contributed by atoms with Gasteiger partial charge in [0.15, 0.2) is 5.65 Å². The van der Waals surface area contributed by atoms with Gasteiger partial charge in [0, 0.05) is 44.3 Å². The maximum Gasteiger partial charge on any atom is 0.327 e. The number of phenolic OH excluding ortho intramolecular Hbond substituents is 1. The highest BCUT2D eigenvalue weighted by atomic mass is 16.3. The van der Waals surface area contributed by atoms with Crippen LogP contribution in [0.2, 0.25) is 0 Å². The molecule has 6 rings (SSSR count). The summed E-state index contributed by atoms with van der Waals surface area (Å²) in [6.07, 6.45) is 6.55. The molecule has 1 aromatic carbocycles. The summed E-state index contributed by atoms with van der Waals surface area (Å²) in [5, 5.41) is 13.0. The SMILES string of the molecule is O=C(NC1CCC(c2cccc(O)c2)CN(CC2CC2)C1=O)N1CCC(n2c(=O)[nH]c3ncccc32)CC1. The number of carbonyl (C=O) groups excluding carboxylic acids is 2. The first-order valence-electron chi connectivity index (χ1n) is 13.6. The van der Waals surface area contributed by atoms with Crippen molar-refractivity contribution in [1.82, 2.24) is 29.7 Å². The van der Waals surface area contributed by atoms with Crippen LogP contribution in [0, 0.1) is 5.92 Å². The Morgan fingerprint density at radius 3 is 2.63 bits per heavy atom. The van der Waals surface area contributed by atoms with Crippen molar-refractivity contribution in [1.29, 1.82) is 0 Å². The van der Waals surface area contributed by atoms with Gasteiger partial charge in [-0.2, -0.15) is 0 Å². The predicted octanol–water partition coefficient (Wildman–Crippen LogP) is 2.96. The number of urea groups is 1. The number of hydrogen-bond donors (Lipinski definition) is 3. The van der Waals surface area contributed by atoms with E-state index in [1.54, 1.807) is 27.8 Å². The minimum Gasteiger partial charge on any atom is -0.508 e. The summed E-state index contributed by atoms with van der Waals surface area (Å²) in [6, 6.07) is 10.2. The highest BCUT2D eigenvalue weighted by Gasteiger charge is 2.37. The van der Waals surface area contributed by atoms with E-state index in [9.17, 15) is 19.5 Å². The van der Waals surface area contributed by atoms with E-state index >= 15 is 0 Å². The Bertz CT molecular complexity index is 1390. The number of benzene rings is 1. The van der Waals surface area contributed by atoms with Crippen LogP contribution in [-0.4, -0.2) is 73.6 Å². The maximum atomic E-state index is 13.5. The fraction of sp³-hybridized carbons (Fsp3) is 0.500. The molecule has 2 aliphatic heterocycles. The smallest absolute Gasteiger partial charge is 0.327 e. The number of nitrogens with one attached hydrogen (secondary N) is 2. The highest BCUT2D eigenvalue weighted by molar-refractivity contribution is 5.87. The van der Waals surface area contributed by atoms with Crippen molar-refractivity contribution in [2.75, 3.05) is 26.2 Å². The van der Waals surface area contributed by atoms with Crippen molar-refractivity contribution in [2.45, 2.75) is 56.5 Å². The Hall–Kier alpha value is -3.82. The zero-order valence-electron chi connectivity index (χ0n) is 21.4. The molecule has 3 N–H and O–H groups in total. The predicted molar refractivity (Wildman–Crippen MR) is 142 cm³/mol. The van der Waals surface area contributed by atoms with Gasteiger partial charge < -0.3 is 20.2 Å². The van der Waals surface area contributed by atoms with E-state index < -0.39 is 6.04 Å². The first-order chi connectivity index (χ1) is 18.5. The zero-order valence-corrected chi connectivity index (χ0v) is 21.4. The Morgan fingerprint density at radius 2 is 1.87 bits per heavy atom. The first kappa shape index (κ1) is 24.5. The fourth-order valence-electron chi connectivity index (χ4n) is 6.01. The number of carbonyl (C=O) groups is 2. The second-order valence-electron chi connectivity index (χ2n) is 10.9. The number of phenols is 1. The molecule has 3 amide bonds. The van der Waals surface area contributed by atoms with E-state index in [2.05, 4.69) is 15.3 Å². The van der Waals surface area contributed by atoms with E-state index in [4.69, 9.17) is 0 Å². The van der Waals surface area contributed by atoms with Crippen LogP contribution in [0.5, 0.6) is 5.75 Å². The minimum atomic E-state index is -0.566. The molecule has 1 aliphatic carbocycles. The van der Waals surface area contributed by atoms with Gasteiger partial charge >= 0.3 is 11.7 Å². The third-order valence-corrected chi connectivity index (χ3v) is 8.28. The number of piperidine rings is 1. The lowest BCUT2D eigenvalue weighted by molar-refractivity contribution is -0.133. The summed E-state index contributed by atoms with van der Waals surface area (Å²) in [6.45, 7) is 2.34. The normalized spacial score (nSPS) is 23.0. The van der Waals surface area contributed by atoms with Gasteiger partial charge in [0.2, 0.25) is 5.91 Å². The largest absolute Gasteiger partial charge is 0.508 e. The van der Waals surface area contributed by atoms with Gasteiger partial charge in [-0.05, 0) is 74.3 Å². The second kappa shape index (κ2) is 10.2. The van der Waals surface area contributed by atoms with Crippen LogP contribution in [0.15, 0.2) is 47.4 Å². The third-order valence-electron chi connectivity index (χ3n) is 8.28. The molecule has 3 fully saturated rings. The summed E-state index contributed by atoms with van der Waals surface area (Å²) in [5.41, 5.74) is 2.20. The summed E-state index contributed by atoms with van der Waals surface area (Å²) in [4.78, 5) is 50.1.